The molecular formula is C20H26N2O5. The van der Waals surface area contributed by atoms with E-state index in [-0.39, 0.29) is 18.2 Å². The molecule has 4 rings (SSSR count). The van der Waals surface area contributed by atoms with E-state index in [0.29, 0.717) is 37.5 Å². The number of aryl methyl sites for hydroxylation is 1. The number of fused-ring (bicyclic) bond motifs is 3. The second kappa shape index (κ2) is 6.21. The molecule has 0 saturated carbocycles. The Bertz CT molecular complexity index is 855. The van der Waals surface area contributed by atoms with Crippen LogP contribution in [0.3, 0.4) is 0 Å². The number of hydrogen-bond acceptors (Lipinski definition) is 6. The number of carbonyl (C=O) groups is 1. The third-order valence-electron chi connectivity index (χ3n) is 5.19. The summed E-state index contributed by atoms with van der Waals surface area (Å²) < 4.78 is 16.8. The zero-order valence-corrected chi connectivity index (χ0v) is 16.2. The molecule has 1 N–H and O–H groups in total. The molecule has 0 aliphatic carbocycles. The van der Waals surface area contributed by atoms with Gasteiger partial charge in [0, 0.05) is 19.8 Å². The molecule has 1 amide bonds. The molecule has 7 nitrogen and oxygen atoms in total. The van der Waals surface area contributed by atoms with Gasteiger partial charge in [0.2, 0.25) is 0 Å². The molecule has 2 aliphatic rings. The first-order chi connectivity index (χ1) is 12.6. The first-order valence-electron chi connectivity index (χ1n) is 9.34. The Morgan fingerprint density at radius 1 is 1.30 bits per heavy atom. The molecule has 0 radical (unpaired) electrons. The minimum atomic E-state index is -1.04. The van der Waals surface area contributed by atoms with Gasteiger partial charge in [-0.25, -0.2) is 9.78 Å². The Labute approximate surface area is 158 Å². The standard InChI is InChI=1S/C20H26N2O5/c1-12-21-16-7-13(5-6-17(16)26-12)20(24)8-14-10-25-11-15(9-20)22(14)18(23)27-19(2,3)4/h5-7,14-15,24H,8-11H2,1-4H3. The summed E-state index contributed by atoms with van der Waals surface area (Å²) in [5.41, 5.74) is 0.627. The average Bonchev–Trinajstić information content (AvgIpc) is 2.91. The van der Waals surface area contributed by atoms with Gasteiger partial charge in [0.15, 0.2) is 11.5 Å². The molecule has 2 aliphatic heterocycles. The third kappa shape index (κ3) is 3.41. The minimum Gasteiger partial charge on any atom is -0.444 e. The van der Waals surface area contributed by atoms with Gasteiger partial charge in [0.1, 0.15) is 11.1 Å². The van der Waals surface area contributed by atoms with Crippen molar-refractivity contribution in [1.82, 2.24) is 9.88 Å². The third-order valence-corrected chi connectivity index (χ3v) is 5.19. The van der Waals surface area contributed by atoms with Crippen LogP contribution in [-0.4, -0.2) is 52.0 Å². The van der Waals surface area contributed by atoms with E-state index < -0.39 is 11.2 Å². The first-order valence-corrected chi connectivity index (χ1v) is 9.34. The van der Waals surface area contributed by atoms with Crippen molar-refractivity contribution < 1.29 is 23.8 Å². The Morgan fingerprint density at radius 3 is 2.59 bits per heavy atom. The molecule has 1 aromatic carbocycles. The summed E-state index contributed by atoms with van der Waals surface area (Å²) in [4.78, 5) is 18.8. The zero-order chi connectivity index (χ0) is 19.4. The van der Waals surface area contributed by atoms with Gasteiger partial charge < -0.3 is 19.0 Å². The van der Waals surface area contributed by atoms with Crippen molar-refractivity contribution in [3.8, 4) is 0 Å². The lowest BCUT2D eigenvalue weighted by Crippen LogP contribution is -2.63. The van der Waals surface area contributed by atoms with Crippen LogP contribution in [0.1, 0.15) is 45.1 Å². The number of ether oxygens (including phenoxy) is 2. The lowest BCUT2D eigenvalue weighted by atomic mass is 9.77. The van der Waals surface area contributed by atoms with Crippen LogP contribution in [0.4, 0.5) is 4.79 Å². The average molecular weight is 374 g/mol. The number of aliphatic hydroxyl groups is 1. The van der Waals surface area contributed by atoms with Crippen molar-refractivity contribution in [1.29, 1.82) is 0 Å². The molecule has 7 heteroatoms. The van der Waals surface area contributed by atoms with E-state index in [4.69, 9.17) is 13.9 Å². The van der Waals surface area contributed by atoms with Crippen LogP contribution in [0.15, 0.2) is 22.6 Å². The number of amides is 1. The molecule has 0 spiro atoms. The Hall–Kier alpha value is -2.12. The fourth-order valence-corrected chi connectivity index (χ4v) is 4.16. The zero-order valence-electron chi connectivity index (χ0n) is 16.2. The maximum atomic E-state index is 12.7. The predicted molar refractivity (Wildman–Crippen MR) is 98.3 cm³/mol. The van der Waals surface area contributed by atoms with E-state index in [1.54, 1.807) is 11.8 Å². The number of aromatic nitrogens is 1. The van der Waals surface area contributed by atoms with Crippen molar-refractivity contribution >= 4 is 17.2 Å². The number of rotatable bonds is 1. The van der Waals surface area contributed by atoms with Gasteiger partial charge in [-0.2, -0.15) is 0 Å². The van der Waals surface area contributed by atoms with Gasteiger partial charge in [-0.05, 0) is 38.5 Å². The number of hydrogen-bond donors (Lipinski definition) is 1. The van der Waals surface area contributed by atoms with Crippen molar-refractivity contribution in [2.75, 3.05) is 13.2 Å². The summed E-state index contributed by atoms with van der Waals surface area (Å²) in [6.45, 7) is 8.15. The summed E-state index contributed by atoms with van der Waals surface area (Å²) in [5.74, 6) is 0.596. The lowest BCUT2D eigenvalue weighted by Gasteiger charge is -2.51. The summed E-state index contributed by atoms with van der Waals surface area (Å²) in [6, 6.07) is 5.15. The minimum absolute atomic E-state index is 0.230. The van der Waals surface area contributed by atoms with E-state index >= 15 is 0 Å². The van der Waals surface area contributed by atoms with Crippen molar-refractivity contribution in [2.45, 2.75) is 63.8 Å². The topological polar surface area (TPSA) is 85.0 Å². The molecule has 1 aromatic heterocycles. The maximum Gasteiger partial charge on any atom is 0.410 e. The van der Waals surface area contributed by atoms with E-state index in [0.717, 1.165) is 11.1 Å². The SMILES string of the molecule is Cc1nc2cc(C3(O)CC4COCC(C3)N4C(=O)OC(C)(C)C)ccc2o1. The number of nitrogens with zero attached hydrogens (tertiary/aromatic N) is 2. The normalized spacial score (nSPS) is 28.4. The van der Waals surface area contributed by atoms with Crippen LogP contribution in [-0.2, 0) is 15.1 Å². The van der Waals surface area contributed by atoms with Gasteiger partial charge in [-0.15, -0.1) is 0 Å². The molecule has 2 bridgehead atoms. The predicted octanol–water partition coefficient (Wildman–Crippen LogP) is 3.12. The molecule has 3 heterocycles. The van der Waals surface area contributed by atoms with Crippen LogP contribution in [0, 0.1) is 6.92 Å². The number of morpholine rings is 1. The van der Waals surface area contributed by atoms with Crippen LogP contribution in [0.5, 0.6) is 0 Å². The highest BCUT2D eigenvalue weighted by atomic mass is 16.6. The highest BCUT2D eigenvalue weighted by Gasteiger charge is 2.49. The summed E-state index contributed by atoms with van der Waals surface area (Å²) >= 11 is 0. The largest absolute Gasteiger partial charge is 0.444 e. The Morgan fingerprint density at radius 2 is 1.96 bits per heavy atom. The van der Waals surface area contributed by atoms with Crippen LogP contribution >= 0.6 is 0 Å². The van der Waals surface area contributed by atoms with E-state index in [1.165, 1.54) is 0 Å². The number of benzene rings is 1. The monoisotopic (exact) mass is 374 g/mol. The quantitative estimate of drug-likeness (QED) is 0.825. The van der Waals surface area contributed by atoms with Gasteiger partial charge in [-0.3, -0.25) is 4.90 Å². The molecule has 2 fully saturated rings. The van der Waals surface area contributed by atoms with Gasteiger partial charge in [-0.1, -0.05) is 6.07 Å². The molecule has 2 aromatic rings. The highest BCUT2D eigenvalue weighted by Crippen LogP contribution is 2.42. The fraction of sp³-hybridized carbons (Fsp3) is 0.600. The summed E-state index contributed by atoms with van der Waals surface area (Å²) in [6.07, 6.45) is 0.446. The van der Waals surface area contributed by atoms with Gasteiger partial charge in [0.25, 0.3) is 0 Å². The second-order valence-corrected chi connectivity index (χ2v) is 8.59. The molecule has 2 unspecified atom stereocenters. The fourth-order valence-electron chi connectivity index (χ4n) is 4.16. The number of oxazole rings is 1. The summed E-state index contributed by atoms with van der Waals surface area (Å²) in [7, 11) is 0. The number of carbonyl (C=O) groups excluding carboxylic acids is 1. The van der Waals surface area contributed by atoms with Crippen LogP contribution in [0.25, 0.3) is 11.1 Å². The van der Waals surface area contributed by atoms with Crippen molar-refractivity contribution in [3.05, 3.63) is 29.7 Å². The molecular weight excluding hydrogens is 348 g/mol. The smallest absolute Gasteiger partial charge is 0.410 e. The van der Waals surface area contributed by atoms with E-state index in [2.05, 4.69) is 4.98 Å². The lowest BCUT2D eigenvalue weighted by molar-refractivity contribution is -0.141. The summed E-state index contributed by atoms with van der Waals surface area (Å²) in [5, 5.41) is 11.5. The maximum absolute atomic E-state index is 12.7. The number of piperidine rings is 1. The van der Waals surface area contributed by atoms with E-state index in [1.807, 2.05) is 39.0 Å². The van der Waals surface area contributed by atoms with Crippen LogP contribution in [0.2, 0.25) is 0 Å². The highest BCUT2D eigenvalue weighted by molar-refractivity contribution is 5.74. The van der Waals surface area contributed by atoms with Crippen molar-refractivity contribution in [3.63, 3.8) is 0 Å². The second-order valence-electron chi connectivity index (χ2n) is 8.59. The molecule has 2 atom stereocenters. The molecule has 2 saturated heterocycles. The first kappa shape index (κ1) is 18.3. The molecule has 27 heavy (non-hydrogen) atoms. The van der Waals surface area contributed by atoms with Crippen molar-refractivity contribution in [2.24, 2.45) is 0 Å². The van der Waals surface area contributed by atoms with Gasteiger partial charge >= 0.3 is 6.09 Å². The van der Waals surface area contributed by atoms with E-state index in [9.17, 15) is 9.90 Å². The van der Waals surface area contributed by atoms with Gasteiger partial charge in [0.05, 0.1) is 30.9 Å². The van der Waals surface area contributed by atoms with Crippen LogP contribution < -0.4 is 0 Å². The molecule has 146 valence electrons. The Balaban J connectivity index is 1.62. The Kier molecular flexibility index (Phi) is 4.20.